The van der Waals surface area contributed by atoms with Crippen LogP contribution in [0.2, 0.25) is 0 Å². The van der Waals surface area contributed by atoms with Crippen LogP contribution in [0.15, 0.2) is 6.20 Å². The quantitative estimate of drug-likeness (QED) is 0.761. The molecule has 4 bridgehead atoms. The number of carbonyl (C=O) groups excluding carboxylic acids is 2. The minimum Gasteiger partial charge on any atom is -0.467 e. The van der Waals surface area contributed by atoms with Gasteiger partial charge in [-0.2, -0.15) is 0 Å². The molecule has 1 aromatic heterocycles. The molecule has 156 valence electrons. The average molecular weight is 400 g/mol. The van der Waals surface area contributed by atoms with Gasteiger partial charge in [-0.05, 0) is 49.4 Å². The number of amides is 1. The molecule has 5 saturated carbocycles. The zero-order chi connectivity index (χ0) is 19.9. The monoisotopic (exact) mass is 400 g/mol. The number of nitrogens with zero attached hydrogens (tertiary/aromatic N) is 4. The molecule has 29 heavy (non-hydrogen) atoms. The third-order valence-electron chi connectivity index (χ3n) is 8.55. The van der Waals surface area contributed by atoms with Gasteiger partial charge in [0, 0.05) is 31.0 Å². The van der Waals surface area contributed by atoms with Gasteiger partial charge in [0.1, 0.15) is 6.04 Å². The molecule has 0 radical (unpaired) electrons. The highest BCUT2D eigenvalue weighted by Gasteiger charge is 2.71. The van der Waals surface area contributed by atoms with E-state index in [1.54, 1.807) is 9.58 Å². The fraction of sp³-hybridized carbons (Fsp3) is 0.810. The molecule has 3 unspecified atom stereocenters. The highest BCUT2D eigenvalue weighted by Crippen LogP contribution is 2.73. The van der Waals surface area contributed by atoms with Crippen molar-refractivity contribution in [2.24, 2.45) is 29.6 Å². The third kappa shape index (κ3) is 2.54. The Hall–Kier alpha value is -1.96. The summed E-state index contributed by atoms with van der Waals surface area (Å²) in [6, 6.07) is -0.633. The minimum atomic E-state index is -0.544. The first-order valence-corrected chi connectivity index (χ1v) is 11.0. The maximum atomic E-state index is 13.4. The van der Waals surface area contributed by atoms with Gasteiger partial charge in [0.05, 0.1) is 24.9 Å². The highest BCUT2D eigenvalue weighted by molar-refractivity contribution is 5.87. The summed E-state index contributed by atoms with van der Waals surface area (Å²) in [5, 5.41) is 18.8. The van der Waals surface area contributed by atoms with Gasteiger partial charge in [0.15, 0.2) is 0 Å². The van der Waals surface area contributed by atoms with Crippen LogP contribution in [0.1, 0.15) is 56.2 Å². The van der Waals surface area contributed by atoms with E-state index in [9.17, 15) is 14.7 Å². The molecule has 1 aliphatic heterocycles. The second-order valence-electron chi connectivity index (χ2n) is 9.81. The van der Waals surface area contributed by atoms with E-state index >= 15 is 0 Å². The van der Waals surface area contributed by atoms with Gasteiger partial charge in [0.25, 0.3) is 0 Å². The first-order chi connectivity index (χ1) is 14.1. The first-order valence-electron chi connectivity index (χ1n) is 11.0. The predicted octanol–water partition coefficient (Wildman–Crippen LogP) is 1.12. The summed E-state index contributed by atoms with van der Waals surface area (Å²) in [5.41, 5.74) is 0.812. The fourth-order valence-corrected chi connectivity index (χ4v) is 7.16. The molecule has 7 rings (SSSR count). The van der Waals surface area contributed by atoms with E-state index in [0.29, 0.717) is 24.8 Å². The van der Waals surface area contributed by atoms with Crippen LogP contribution < -0.4 is 0 Å². The Kier molecular flexibility index (Phi) is 3.86. The van der Waals surface area contributed by atoms with Gasteiger partial charge < -0.3 is 14.7 Å². The lowest BCUT2D eigenvalue weighted by Crippen LogP contribution is -2.45. The van der Waals surface area contributed by atoms with Crippen LogP contribution >= 0.6 is 0 Å². The zero-order valence-corrected chi connectivity index (χ0v) is 16.7. The second-order valence-corrected chi connectivity index (χ2v) is 9.81. The van der Waals surface area contributed by atoms with E-state index < -0.39 is 6.04 Å². The van der Waals surface area contributed by atoms with Crippen LogP contribution in [0, 0.1) is 29.6 Å². The number of aliphatic hydroxyl groups excluding tert-OH is 1. The number of methoxy groups -OCH3 is 1. The van der Waals surface area contributed by atoms with E-state index in [0.717, 1.165) is 36.8 Å². The zero-order valence-electron chi connectivity index (χ0n) is 16.7. The molecule has 1 aromatic rings. The van der Waals surface area contributed by atoms with Gasteiger partial charge >= 0.3 is 5.97 Å². The van der Waals surface area contributed by atoms with E-state index in [4.69, 9.17) is 4.74 Å². The second kappa shape index (κ2) is 6.27. The average Bonchev–Trinajstić information content (AvgIpc) is 3.42. The maximum Gasteiger partial charge on any atom is 0.328 e. The van der Waals surface area contributed by atoms with Gasteiger partial charge in [-0.25, -0.2) is 9.48 Å². The Morgan fingerprint density at radius 1 is 1.21 bits per heavy atom. The van der Waals surface area contributed by atoms with Crippen LogP contribution in [-0.4, -0.2) is 62.7 Å². The molecular weight excluding hydrogens is 372 g/mol. The molecule has 5 aliphatic carbocycles. The van der Waals surface area contributed by atoms with Gasteiger partial charge in [-0.15, -0.1) is 5.10 Å². The summed E-state index contributed by atoms with van der Waals surface area (Å²) in [7, 11) is 1.39. The van der Waals surface area contributed by atoms with Crippen LogP contribution in [0.4, 0.5) is 0 Å². The van der Waals surface area contributed by atoms with Crippen molar-refractivity contribution in [3.8, 4) is 0 Å². The third-order valence-corrected chi connectivity index (χ3v) is 8.55. The number of likely N-dealkylation sites (tertiary alicyclic amines) is 1. The lowest BCUT2D eigenvalue weighted by Gasteiger charge is -2.27. The van der Waals surface area contributed by atoms with Crippen molar-refractivity contribution in [1.82, 2.24) is 19.9 Å². The van der Waals surface area contributed by atoms with Gasteiger partial charge in [-0.1, -0.05) is 11.6 Å². The van der Waals surface area contributed by atoms with Crippen molar-refractivity contribution in [2.45, 2.75) is 62.6 Å². The standard InChI is InChI=1S/C21H28N4O4/c1-29-21(28)16-7-11(25-9-15(22-23-25)12-3-2-4-17(12)26)8-24(16)20(27)18-10-5-13-14(6-10)19(13)18/h9-14,16-19,26H,2-8H2,1H3/t10?,11-,12+,13?,14?,16-,17-,18?,19?/m1/s1. The van der Waals surface area contributed by atoms with Crippen LogP contribution in [0.5, 0.6) is 0 Å². The molecule has 1 N–H and O–H groups in total. The van der Waals surface area contributed by atoms with E-state index in [1.807, 2.05) is 6.20 Å². The molecule has 8 nitrogen and oxygen atoms in total. The Morgan fingerprint density at radius 3 is 2.62 bits per heavy atom. The van der Waals surface area contributed by atoms with Crippen molar-refractivity contribution in [3.05, 3.63) is 11.9 Å². The summed E-state index contributed by atoms with van der Waals surface area (Å²) in [4.78, 5) is 27.7. The minimum absolute atomic E-state index is 0.0383. The maximum absolute atomic E-state index is 13.4. The highest BCUT2D eigenvalue weighted by atomic mass is 16.5. The lowest BCUT2D eigenvalue weighted by molar-refractivity contribution is -0.152. The summed E-state index contributed by atoms with van der Waals surface area (Å²) in [5.74, 6) is 2.55. The van der Waals surface area contributed by atoms with Crippen molar-refractivity contribution < 1.29 is 19.4 Å². The van der Waals surface area contributed by atoms with E-state index in [-0.39, 0.29) is 35.9 Å². The number of aliphatic hydroxyl groups is 1. The molecular formula is C21H28N4O4. The molecule has 0 spiro atoms. The van der Waals surface area contributed by atoms with Crippen LogP contribution in [0.3, 0.4) is 0 Å². The number of hydrogen-bond donors (Lipinski definition) is 1. The Labute approximate surface area is 169 Å². The lowest BCUT2D eigenvalue weighted by atomic mass is 9.96. The summed E-state index contributed by atoms with van der Waals surface area (Å²) >= 11 is 0. The molecule has 1 amide bonds. The molecule has 7 atom stereocenters. The number of esters is 1. The summed E-state index contributed by atoms with van der Waals surface area (Å²) < 4.78 is 6.82. The number of ether oxygens (including phenoxy) is 1. The topological polar surface area (TPSA) is 97.5 Å². The normalized spacial score (nSPS) is 44.5. The summed E-state index contributed by atoms with van der Waals surface area (Å²) in [6.07, 6.45) is 7.17. The fourth-order valence-electron chi connectivity index (χ4n) is 7.16. The number of carbonyl (C=O) groups is 2. The number of rotatable bonds is 4. The largest absolute Gasteiger partial charge is 0.467 e. The first kappa shape index (κ1) is 17.9. The molecule has 6 aliphatic rings. The Morgan fingerprint density at radius 2 is 2.00 bits per heavy atom. The van der Waals surface area contributed by atoms with Crippen molar-refractivity contribution >= 4 is 11.9 Å². The van der Waals surface area contributed by atoms with Crippen molar-refractivity contribution in [2.75, 3.05) is 13.7 Å². The van der Waals surface area contributed by atoms with Crippen molar-refractivity contribution in [1.29, 1.82) is 0 Å². The molecule has 2 heterocycles. The molecule has 0 aromatic carbocycles. The van der Waals surface area contributed by atoms with Gasteiger partial charge in [-0.3, -0.25) is 4.79 Å². The molecule has 6 fully saturated rings. The number of hydrogen-bond acceptors (Lipinski definition) is 6. The Balaban J connectivity index is 1.22. The van der Waals surface area contributed by atoms with E-state index in [2.05, 4.69) is 10.3 Å². The summed E-state index contributed by atoms with van der Waals surface area (Å²) in [6.45, 7) is 0.472. The van der Waals surface area contributed by atoms with Gasteiger partial charge in [0.2, 0.25) is 5.91 Å². The molecule has 1 saturated heterocycles. The predicted molar refractivity (Wildman–Crippen MR) is 100 cm³/mol. The van der Waals surface area contributed by atoms with Crippen LogP contribution in [-0.2, 0) is 14.3 Å². The van der Waals surface area contributed by atoms with E-state index in [1.165, 1.54) is 20.0 Å². The SMILES string of the molecule is COC(=O)[C@H]1C[C@@H](n2cc([C@@H]3CCC[C@H]3O)nn2)CN1C(=O)C1C2CC3C(C2)C31. The number of aromatic nitrogens is 3. The smallest absolute Gasteiger partial charge is 0.328 e. The molecule has 8 heteroatoms. The Bertz CT molecular complexity index is 841. The van der Waals surface area contributed by atoms with Crippen molar-refractivity contribution in [3.63, 3.8) is 0 Å². The van der Waals surface area contributed by atoms with Crippen LogP contribution in [0.25, 0.3) is 0 Å².